The third-order valence-electron chi connectivity index (χ3n) is 6.44. The van der Waals surface area contributed by atoms with E-state index in [9.17, 15) is 9.59 Å². The molecule has 0 atom stereocenters. The second-order valence-corrected chi connectivity index (χ2v) is 8.86. The molecule has 2 heterocycles. The zero-order valence-electron chi connectivity index (χ0n) is 19.8. The van der Waals surface area contributed by atoms with Gasteiger partial charge in [-0.05, 0) is 48.1 Å². The number of carbonyl (C=O) groups is 2. The maximum absolute atomic E-state index is 13.6. The molecule has 2 amide bonds. The van der Waals surface area contributed by atoms with Gasteiger partial charge < -0.3 is 9.64 Å². The number of hydrogen-bond donors (Lipinski definition) is 0. The number of carbonyl (C=O) groups excluding carboxylic acids is 2. The normalized spacial score (nSPS) is 15.9. The number of amides is 2. The fourth-order valence-corrected chi connectivity index (χ4v) is 4.64. The Morgan fingerprint density at radius 3 is 2.33 bits per heavy atom. The number of imide groups is 1. The van der Waals surface area contributed by atoms with Crippen LogP contribution in [0.15, 0.2) is 54.2 Å². The minimum Gasteiger partial charge on any atom is -0.494 e. The molecule has 174 valence electrons. The lowest BCUT2D eigenvalue weighted by Gasteiger charge is -2.31. The van der Waals surface area contributed by atoms with E-state index in [-0.39, 0.29) is 11.8 Å². The van der Waals surface area contributed by atoms with Crippen molar-refractivity contribution in [1.29, 1.82) is 0 Å². The monoisotopic (exact) mass is 446 g/mol. The third kappa shape index (κ3) is 4.97. The summed E-state index contributed by atoms with van der Waals surface area (Å²) in [7, 11) is 0. The van der Waals surface area contributed by atoms with Crippen LogP contribution in [0.2, 0.25) is 0 Å². The standard InChI is InChI=1S/C28H34N2O3/c1-3-5-6-9-17-30-27(31)25(22-12-14-24(15-13-22)33-19-4-2)26(28(30)32)29-18-16-21-10-7-8-11-23(21)20-29/h7-8,10-15H,3-6,9,16-20H2,1-2H3. The summed E-state index contributed by atoms with van der Waals surface area (Å²) in [5.41, 5.74) is 4.40. The highest BCUT2D eigenvalue weighted by molar-refractivity contribution is 6.35. The summed E-state index contributed by atoms with van der Waals surface area (Å²) in [4.78, 5) is 30.7. The zero-order chi connectivity index (χ0) is 23.2. The van der Waals surface area contributed by atoms with E-state index < -0.39 is 0 Å². The van der Waals surface area contributed by atoms with E-state index in [0.717, 1.165) is 56.4 Å². The van der Waals surface area contributed by atoms with Crippen LogP contribution in [0.3, 0.4) is 0 Å². The number of ether oxygens (including phenoxy) is 1. The van der Waals surface area contributed by atoms with Crippen molar-refractivity contribution < 1.29 is 14.3 Å². The first kappa shape index (κ1) is 23.1. The molecule has 0 saturated heterocycles. The van der Waals surface area contributed by atoms with Gasteiger partial charge in [0.05, 0.1) is 12.2 Å². The van der Waals surface area contributed by atoms with Crippen LogP contribution in [-0.4, -0.2) is 41.3 Å². The Labute approximate surface area is 197 Å². The molecule has 0 unspecified atom stereocenters. The van der Waals surface area contributed by atoms with Crippen LogP contribution in [-0.2, 0) is 22.6 Å². The molecule has 33 heavy (non-hydrogen) atoms. The predicted molar refractivity (Wildman–Crippen MR) is 131 cm³/mol. The number of nitrogens with zero attached hydrogens (tertiary/aromatic N) is 2. The summed E-state index contributed by atoms with van der Waals surface area (Å²) >= 11 is 0. The van der Waals surface area contributed by atoms with Crippen molar-refractivity contribution in [2.75, 3.05) is 19.7 Å². The lowest BCUT2D eigenvalue weighted by atomic mass is 9.98. The maximum atomic E-state index is 13.6. The van der Waals surface area contributed by atoms with E-state index in [2.05, 4.69) is 36.9 Å². The SMILES string of the molecule is CCCCCCN1C(=O)C(c2ccc(OCCC)cc2)=C(N2CCc3ccccc3C2)C1=O. The molecule has 0 fully saturated rings. The molecule has 2 aromatic carbocycles. The highest BCUT2D eigenvalue weighted by Gasteiger charge is 2.41. The van der Waals surface area contributed by atoms with E-state index in [1.165, 1.54) is 16.0 Å². The Balaban J connectivity index is 1.65. The molecule has 0 aromatic heterocycles. The van der Waals surface area contributed by atoms with Gasteiger partial charge in [0.25, 0.3) is 11.8 Å². The van der Waals surface area contributed by atoms with Crippen molar-refractivity contribution in [2.45, 2.75) is 58.9 Å². The van der Waals surface area contributed by atoms with E-state index in [1.807, 2.05) is 30.3 Å². The van der Waals surface area contributed by atoms with Gasteiger partial charge >= 0.3 is 0 Å². The molecule has 2 aromatic rings. The largest absolute Gasteiger partial charge is 0.494 e. The summed E-state index contributed by atoms with van der Waals surface area (Å²) < 4.78 is 5.71. The molecule has 0 bridgehead atoms. The first-order valence-corrected chi connectivity index (χ1v) is 12.3. The van der Waals surface area contributed by atoms with Crippen LogP contribution in [0.25, 0.3) is 5.57 Å². The lowest BCUT2D eigenvalue weighted by Crippen LogP contribution is -2.37. The lowest BCUT2D eigenvalue weighted by molar-refractivity contribution is -0.137. The summed E-state index contributed by atoms with van der Waals surface area (Å²) in [5, 5.41) is 0. The van der Waals surface area contributed by atoms with Crippen molar-refractivity contribution in [3.05, 3.63) is 70.9 Å². The molecule has 0 spiro atoms. The molecule has 5 heteroatoms. The summed E-state index contributed by atoms with van der Waals surface area (Å²) in [5.74, 6) is 0.451. The smallest absolute Gasteiger partial charge is 0.277 e. The Bertz CT molecular complexity index is 1030. The van der Waals surface area contributed by atoms with Gasteiger partial charge in [0.1, 0.15) is 11.4 Å². The maximum Gasteiger partial charge on any atom is 0.277 e. The van der Waals surface area contributed by atoms with Gasteiger partial charge in [-0.25, -0.2) is 0 Å². The predicted octanol–water partition coefficient (Wildman–Crippen LogP) is 5.19. The number of rotatable bonds is 10. The molecule has 0 radical (unpaired) electrons. The van der Waals surface area contributed by atoms with Gasteiger partial charge in [-0.3, -0.25) is 14.5 Å². The van der Waals surface area contributed by atoms with E-state index in [0.29, 0.717) is 31.0 Å². The number of unbranched alkanes of at least 4 members (excludes halogenated alkanes) is 3. The number of fused-ring (bicyclic) bond motifs is 1. The van der Waals surface area contributed by atoms with Gasteiger partial charge in [-0.15, -0.1) is 0 Å². The Hall–Kier alpha value is -3.08. The second kappa shape index (κ2) is 10.7. The van der Waals surface area contributed by atoms with Crippen LogP contribution < -0.4 is 4.74 Å². The van der Waals surface area contributed by atoms with Crippen molar-refractivity contribution in [1.82, 2.24) is 9.80 Å². The topological polar surface area (TPSA) is 49.9 Å². The Kier molecular flexibility index (Phi) is 7.48. The van der Waals surface area contributed by atoms with Crippen molar-refractivity contribution in [3.8, 4) is 5.75 Å². The van der Waals surface area contributed by atoms with Gasteiger partial charge in [-0.1, -0.05) is 69.5 Å². The minimum absolute atomic E-state index is 0.155. The molecule has 2 aliphatic rings. The Morgan fingerprint density at radius 2 is 1.61 bits per heavy atom. The average molecular weight is 447 g/mol. The quantitative estimate of drug-likeness (QED) is 0.372. The molecule has 4 rings (SSSR count). The van der Waals surface area contributed by atoms with Crippen molar-refractivity contribution in [2.24, 2.45) is 0 Å². The first-order chi connectivity index (χ1) is 16.1. The third-order valence-corrected chi connectivity index (χ3v) is 6.44. The van der Waals surface area contributed by atoms with E-state index in [1.54, 1.807) is 0 Å². The summed E-state index contributed by atoms with van der Waals surface area (Å²) in [6.07, 6.45) is 5.92. The fourth-order valence-electron chi connectivity index (χ4n) is 4.64. The van der Waals surface area contributed by atoms with Gasteiger partial charge in [0.15, 0.2) is 0 Å². The molecular weight excluding hydrogens is 412 g/mol. The number of hydrogen-bond acceptors (Lipinski definition) is 4. The summed E-state index contributed by atoms with van der Waals surface area (Å²) in [6, 6.07) is 16.0. The van der Waals surface area contributed by atoms with Gasteiger partial charge in [0, 0.05) is 19.6 Å². The zero-order valence-corrected chi connectivity index (χ0v) is 19.8. The van der Waals surface area contributed by atoms with E-state index in [4.69, 9.17) is 4.74 Å². The highest BCUT2D eigenvalue weighted by Crippen LogP contribution is 2.35. The van der Waals surface area contributed by atoms with Gasteiger partial charge in [-0.2, -0.15) is 0 Å². The van der Waals surface area contributed by atoms with Crippen LogP contribution in [0, 0.1) is 0 Å². The van der Waals surface area contributed by atoms with Crippen LogP contribution >= 0.6 is 0 Å². The highest BCUT2D eigenvalue weighted by atomic mass is 16.5. The first-order valence-electron chi connectivity index (χ1n) is 12.3. The second-order valence-electron chi connectivity index (χ2n) is 8.86. The average Bonchev–Trinajstić information content (AvgIpc) is 3.10. The van der Waals surface area contributed by atoms with Crippen LogP contribution in [0.1, 0.15) is 62.6 Å². The van der Waals surface area contributed by atoms with Crippen LogP contribution in [0.4, 0.5) is 0 Å². The fraction of sp³-hybridized carbons (Fsp3) is 0.429. The molecule has 0 aliphatic carbocycles. The number of benzene rings is 2. The minimum atomic E-state index is -0.174. The van der Waals surface area contributed by atoms with Crippen molar-refractivity contribution in [3.63, 3.8) is 0 Å². The van der Waals surface area contributed by atoms with Gasteiger partial charge in [0.2, 0.25) is 0 Å². The molecule has 5 nitrogen and oxygen atoms in total. The van der Waals surface area contributed by atoms with Crippen molar-refractivity contribution >= 4 is 17.4 Å². The molecule has 0 N–H and O–H groups in total. The van der Waals surface area contributed by atoms with E-state index >= 15 is 0 Å². The molecule has 0 saturated carbocycles. The Morgan fingerprint density at radius 1 is 0.848 bits per heavy atom. The summed E-state index contributed by atoms with van der Waals surface area (Å²) in [6.45, 7) is 6.74. The molecule has 2 aliphatic heterocycles. The molecular formula is C28H34N2O3. The van der Waals surface area contributed by atoms with Crippen LogP contribution in [0.5, 0.6) is 5.75 Å².